The van der Waals surface area contributed by atoms with E-state index in [4.69, 9.17) is 31.3 Å². The van der Waals surface area contributed by atoms with Crippen molar-refractivity contribution in [1.29, 1.82) is 0 Å². The van der Waals surface area contributed by atoms with Gasteiger partial charge in [0.1, 0.15) is 0 Å². The summed E-state index contributed by atoms with van der Waals surface area (Å²) in [7, 11) is 0. The summed E-state index contributed by atoms with van der Waals surface area (Å²) in [6.07, 6.45) is -4.87. The highest BCUT2D eigenvalue weighted by atomic mass is 16.4. The molecule has 29 heteroatoms. The average molecular weight is 888 g/mol. The van der Waals surface area contributed by atoms with Crippen LogP contribution < -0.4 is 16.4 Å². The summed E-state index contributed by atoms with van der Waals surface area (Å²) in [5.74, 6) is -16.3. The summed E-state index contributed by atoms with van der Waals surface area (Å²) in [5, 5.41) is 107. The second-order valence-corrected chi connectivity index (χ2v) is 13.2. The molecule has 0 bridgehead atoms. The minimum absolute atomic E-state index is 0.000836. The summed E-state index contributed by atoms with van der Waals surface area (Å²) in [5.41, 5.74) is 0.328. The topological polar surface area (TPSA) is 473 Å². The molecule has 29 nitrogen and oxygen atoms in total. The van der Waals surface area contributed by atoms with Crippen molar-refractivity contribution in [2.75, 3.05) is 98.2 Å². The second kappa shape index (κ2) is 29.2. The van der Waals surface area contributed by atoms with Crippen LogP contribution in [0, 0.1) is 0 Å². The Balaban J connectivity index is 0. The lowest BCUT2D eigenvalue weighted by molar-refractivity contribution is -0.165. The number of carbonyl (C=O) groups is 11. The predicted molar refractivity (Wildman–Crippen MR) is 199 cm³/mol. The number of carboxylic acids is 11. The number of nitrogens with one attached hydrogen (secondary N) is 2. The van der Waals surface area contributed by atoms with Gasteiger partial charge in [0.05, 0.1) is 82.6 Å². The molecule has 0 radical (unpaired) electrons. The van der Waals surface area contributed by atoms with Gasteiger partial charge >= 0.3 is 65.7 Å². The maximum atomic E-state index is 11.8. The Labute approximate surface area is 345 Å². The highest BCUT2D eigenvalue weighted by Crippen LogP contribution is 2.41. The van der Waals surface area contributed by atoms with E-state index >= 15 is 0 Å². The molecule has 61 heavy (non-hydrogen) atoms. The lowest BCUT2D eigenvalue weighted by Gasteiger charge is -2.54. The van der Waals surface area contributed by atoms with Crippen molar-refractivity contribution in [3.05, 3.63) is 0 Å². The number of rotatable bonds is 36. The van der Waals surface area contributed by atoms with Gasteiger partial charge in [-0.15, -0.1) is 0 Å². The summed E-state index contributed by atoms with van der Waals surface area (Å²) in [6, 6.07) is 0. The number of carboxylic acid groups (broad SMARTS) is 11. The molecule has 0 saturated heterocycles. The summed E-state index contributed by atoms with van der Waals surface area (Å²) < 4.78 is 0. The van der Waals surface area contributed by atoms with E-state index in [1.165, 1.54) is 4.90 Å². The minimum Gasteiger partial charge on any atom is -0.481 e. The van der Waals surface area contributed by atoms with Gasteiger partial charge in [-0.25, -0.2) is 0 Å². The van der Waals surface area contributed by atoms with Gasteiger partial charge in [0, 0.05) is 52.4 Å². The summed E-state index contributed by atoms with van der Waals surface area (Å²) in [6.45, 7) is -4.77. The van der Waals surface area contributed by atoms with Gasteiger partial charge in [0.2, 0.25) is 0 Å². The number of nitrogens with two attached hydrogens (primary N) is 1. The van der Waals surface area contributed by atoms with Crippen LogP contribution in [-0.4, -0.2) is 251 Å². The van der Waals surface area contributed by atoms with E-state index in [1.54, 1.807) is 0 Å². The standard InChI is InChI=1S/C18H30N4O12.C14H23N3O10/c19-1-2-20-3-4-21-17(5-11(23)24,6-12(25)26)18(7-13(27)28,8-14(29)30)22(9-15(31)32)10-16(33)34;18-10(19)5-15(1-3-16(6-11(20)21)7-12(22)23)2-4-17(8-13(24)25)9-14(26)27/h20-21H,1-10,19H2,(H,23,24)(H,25,26)(H,27,28)(H,29,30)(H,31,32)(H,33,34);1-9H2,(H,18,19)(H,20,21)(H,22,23)(H,24,25)(H,26,27). The van der Waals surface area contributed by atoms with Crippen molar-refractivity contribution in [2.24, 2.45) is 5.73 Å². The van der Waals surface area contributed by atoms with Crippen molar-refractivity contribution >= 4 is 65.7 Å². The van der Waals surface area contributed by atoms with Crippen LogP contribution in [0.25, 0.3) is 0 Å². The van der Waals surface area contributed by atoms with Gasteiger partial charge in [0.25, 0.3) is 0 Å². The van der Waals surface area contributed by atoms with Crippen LogP contribution in [0.1, 0.15) is 25.7 Å². The molecule has 0 amide bonds. The number of nitrogens with zero attached hydrogens (tertiary/aromatic N) is 4. The third-order valence-electron chi connectivity index (χ3n) is 8.29. The maximum Gasteiger partial charge on any atom is 0.317 e. The monoisotopic (exact) mass is 887 g/mol. The molecule has 0 spiro atoms. The molecular formula is C32H53N7O22. The molecule has 0 aromatic carbocycles. The highest BCUT2D eigenvalue weighted by Gasteiger charge is 2.59. The fourth-order valence-corrected chi connectivity index (χ4v) is 6.15. The third kappa shape index (κ3) is 25.9. The Morgan fingerprint density at radius 2 is 0.672 bits per heavy atom. The van der Waals surface area contributed by atoms with E-state index in [2.05, 4.69) is 10.6 Å². The van der Waals surface area contributed by atoms with E-state index in [0.29, 0.717) is 11.4 Å². The molecular weight excluding hydrogens is 834 g/mol. The molecule has 0 aliphatic rings. The van der Waals surface area contributed by atoms with Crippen LogP contribution >= 0.6 is 0 Å². The van der Waals surface area contributed by atoms with Crippen molar-refractivity contribution in [3.63, 3.8) is 0 Å². The Morgan fingerprint density at radius 3 is 0.951 bits per heavy atom. The number of aliphatic carboxylic acids is 11. The minimum atomic E-state index is -2.61. The van der Waals surface area contributed by atoms with Crippen LogP contribution in [0.5, 0.6) is 0 Å². The molecule has 0 unspecified atom stereocenters. The van der Waals surface area contributed by atoms with Gasteiger partial charge in [-0.05, 0) is 0 Å². The first kappa shape index (κ1) is 57.0. The smallest absolute Gasteiger partial charge is 0.317 e. The first-order chi connectivity index (χ1) is 28.2. The van der Waals surface area contributed by atoms with Crippen LogP contribution in [0.4, 0.5) is 0 Å². The Hall–Kier alpha value is -6.11. The van der Waals surface area contributed by atoms with Gasteiger partial charge < -0.3 is 72.5 Å². The summed E-state index contributed by atoms with van der Waals surface area (Å²) in [4.78, 5) is 128. The van der Waals surface area contributed by atoms with Crippen LogP contribution in [0.2, 0.25) is 0 Å². The molecule has 0 fully saturated rings. The molecule has 348 valence electrons. The van der Waals surface area contributed by atoms with Crippen molar-refractivity contribution in [3.8, 4) is 0 Å². The molecule has 0 atom stereocenters. The van der Waals surface area contributed by atoms with Gasteiger partial charge in [-0.2, -0.15) is 0 Å². The van der Waals surface area contributed by atoms with E-state index in [9.17, 15) is 83.4 Å². The largest absolute Gasteiger partial charge is 0.481 e. The van der Waals surface area contributed by atoms with E-state index in [1.807, 2.05) is 0 Å². The average Bonchev–Trinajstić information content (AvgIpc) is 3.06. The second-order valence-electron chi connectivity index (χ2n) is 13.2. The maximum absolute atomic E-state index is 11.8. The van der Waals surface area contributed by atoms with Gasteiger partial charge in [-0.3, -0.25) is 72.3 Å². The fraction of sp³-hybridized carbons (Fsp3) is 0.656. The Bertz CT molecular complexity index is 1420. The van der Waals surface area contributed by atoms with Crippen molar-refractivity contribution < 1.29 is 109 Å². The van der Waals surface area contributed by atoms with Crippen LogP contribution in [-0.2, 0) is 52.7 Å². The molecule has 0 aromatic heterocycles. The molecule has 0 heterocycles. The first-order valence-electron chi connectivity index (χ1n) is 17.7. The van der Waals surface area contributed by atoms with Crippen molar-refractivity contribution in [1.82, 2.24) is 30.2 Å². The molecule has 0 rings (SSSR count). The summed E-state index contributed by atoms with van der Waals surface area (Å²) >= 11 is 0. The third-order valence-corrected chi connectivity index (χ3v) is 8.29. The highest BCUT2D eigenvalue weighted by molar-refractivity contribution is 5.80. The Kier molecular flexibility index (Phi) is 27.2. The molecule has 0 aromatic rings. The fourth-order valence-electron chi connectivity index (χ4n) is 6.15. The zero-order valence-corrected chi connectivity index (χ0v) is 32.7. The van der Waals surface area contributed by atoms with E-state index in [-0.39, 0.29) is 45.8 Å². The zero-order chi connectivity index (χ0) is 47.5. The normalized spacial score (nSPS) is 11.5. The van der Waals surface area contributed by atoms with Crippen LogP contribution in [0.3, 0.4) is 0 Å². The SMILES string of the molecule is NCCNCCNC(CC(=O)O)(CC(=O)O)C(CC(=O)O)(CC(=O)O)N(CC(=O)O)CC(=O)O.O=C(O)CN(CCN(CC(=O)O)CC(=O)O)CCN(CC(=O)O)CC(=O)O. The first-order valence-corrected chi connectivity index (χ1v) is 17.7. The number of hydrogen-bond donors (Lipinski definition) is 14. The molecule has 15 N–H and O–H groups in total. The van der Waals surface area contributed by atoms with Crippen LogP contribution in [0.15, 0.2) is 0 Å². The number of hydrogen-bond acceptors (Lipinski definition) is 18. The lowest BCUT2D eigenvalue weighted by atomic mass is 9.66. The van der Waals surface area contributed by atoms with E-state index in [0.717, 1.165) is 9.80 Å². The van der Waals surface area contributed by atoms with Gasteiger partial charge in [0.15, 0.2) is 0 Å². The lowest BCUT2D eigenvalue weighted by Crippen LogP contribution is -2.74. The molecule has 0 aliphatic heterocycles. The quantitative estimate of drug-likeness (QED) is 0.0261. The predicted octanol–water partition coefficient (Wildman–Crippen LogP) is -5.71. The van der Waals surface area contributed by atoms with Crippen molar-refractivity contribution in [2.45, 2.75) is 36.8 Å². The zero-order valence-electron chi connectivity index (χ0n) is 32.7. The Morgan fingerprint density at radius 1 is 0.377 bits per heavy atom. The van der Waals surface area contributed by atoms with E-state index < -0.39 is 148 Å². The molecule has 0 aliphatic carbocycles. The van der Waals surface area contributed by atoms with Gasteiger partial charge in [-0.1, -0.05) is 0 Å². The molecule has 0 saturated carbocycles.